The number of Topliss-reactive ketones (excluding diaryl/α,β-unsaturated/α-hetero) is 1. The topological polar surface area (TPSA) is 81.1 Å². The third-order valence-corrected chi connectivity index (χ3v) is 5.82. The van der Waals surface area contributed by atoms with Gasteiger partial charge in [0, 0.05) is 29.2 Å². The number of hydrogen-bond donors (Lipinski definition) is 1. The summed E-state index contributed by atoms with van der Waals surface area (Å²) in [5.41, 5.74) is 2.40. The highest BCUT2D eigenvalue weighted by Gasteiger charge is 2.14. The summed E-state index contributed by atoms with van der Waals surface area (Å²) in [5, 5.41) is 8.43. The number of carbonyl (C=O) groups is 1. The largest absolute Gasteiger partial charge is 0.295 e. The van der Waals surface area contributed by atoms with Crippen molar-refractivity contribution in [2.45, 2.75) is 18.4 Å². The number of hydrogen-bond acceptors (Lipinski definition) is 5. The van der Waals surface area contributed by atoms with Gasteiger partial charge in [-0.3, -0.25) is 9.48 Å². The third kappa shape index (κ3) is 4.22. The number of carbonyl (C=O) groups excluding carboxylic acids is 1. The van der Waals surface area contributed by atoms with Crippen LogP contribution in [0.3, 0.4) is 0 Å². The number of sulfonamides is 1. The van der Waals surface area contributed by atoms with Gasteiger partial charge in [-0.2, -0.15) is 16.4 Å². The Labute approximate surface area is 150 Å². The van der Waals surface area contributed by atoms with Crippen LogP contribution < -0.4 is 4.72 Å². The second kappa shape index (κ2) is 7.30. The Morgan fingerprint density at radius 1 is 1.20 bits per heavy atom. The fraction of sp³-hybridized carbons (Fsp3) is 0.176. The zero-order valence-corrected chi connectivity index (χ0v) is 15.2. The lowest BCUT2D eigenvalue weighted by Gasteiger charge is -2.07. The van der Waals surface area contributed by atoms with Crippen molar-refractivity contribution in [1.29, 1.82) is 0 Å². The molecular formula is C17H17N3O3S2. The first-order valence-corrected chi connectivity index (χ1v) is 10.0. The molecule has 2 aromatic heterocycles. The summed E-state index contributed by atoms with van der Waals surface area (Å²) in [7, 11) is -3.61. The predicted molar refractivity (Wildman–Crippen MR) is 97.2 cm³/mol. The first kappa shape index (κ1) is 17.5. The highest BCUT2D eigenvalue weighted by Crippen LogP contribution is 2.19. The molecule has 25 heavy (non-hydrogen) atoms. The Kier molecular flexibility index (Phi) is 5.12. The van der Waals surface area contributed by atoms with Crippen molar-refractivity contribution in [2.75, 3.05) is 6.54 Å². The van der Waals surface area contributed by atoms with Gasteiger partial charge in [0.2, 0.25) is 10.0 Å². The van der Waals surface area contributed by atoms with E-state index in [1.165, 1.54) is 31.2 Å². The van der Waals surface area contributed by atoms with Gasteiger partial charge in [0.05, 0.1) is 17.1 Å². The number of aromatic nitrogens is 2. The van der Waals surface area contributed by atoms with Crippen LogP contribution in [0.4, 0.5) is 0 Å². The van der Waals surface area contributed by atoms with Crippen LogP contribution in [0, 0.1) is 0 Å². The van der Waals surface area contributed by atoms with Gasteiger partial charge in [-0.05, 0) is 36.6 Å². The Morgan fingerprint density at radius 2 is 1.96 bits per heavy atom. The van der Waals surface area contributed by atoms with Crippen LogP contribution in [-0.2, 0) is 16.6 Å². The van der Waals surface area contributed by atoms with E-state index in [9.17, 15) is 13.2 Å². The van der Waals surface area contributed by atoms with Crippen LogP contribution in [0.25, 0.3) is 11.3 Å². The van der Waals surface area contributed by atoms with Gasteiger partial charge >= 0.3 is 0 Å². The van der Waals surface area contributed by atoms with Crippen LogP contribution in [0.15, 0.2) is 58.3 Å². The van der Waals surface area contributed by atoms with Gasteiger partial charge in [-0.1, -0.05) is 12.1 Å². The van der Waals surface area contributed by atoms with E-state index in [1.807, 2.05) is 29.1 Å². The van der Waals surface area contributed by atoms with Gasteiger partial charge in [-0.25, -0.2) is 13.1 Å². The van der Waals surface area contributed by atoms with Crippen LogP contribution >= 0.6 is 11.3 Å². The maximum absolute atomic E-state index is 12.3. The molecule has 1 aromatic carbocycles. The summed E-state index contributed by atoms with van der Waals surface area (Å²) in [6, 6.07) is 9.78. The molecule has 0 spiro atoms. The number of rotatable bonds is 7. The zero-order valence-electron chi connectivity index (χ0n) is 13.5. The minimum absolute atomic E-state index is 0.1000. The van der Waals surface area contributed by atoms with Crippen molar-refractivity contribution < 1.29 is 13.2 Å². The Bertz CT molecular complexity index is 959. The normalized spacial score (nSPS) is 11.6. The van der Waals surface area contributed by atoms with Crippen molar-refractivity contribution in [2.24, 2.45) is 0 Å². The average Bonchev–Trinajstić information content (AvgIpc) is 3.26. The second-order valence-corrected chi connectivity index (χ2v) is 8.00. The second-order valence-electron chi connectivity index (χ2n) is 5.45. The minimum atomic E-state index is -3.61. The van der Waals surface area contributed by atoms with Gasteiger partial charge in [0.25, 0.3) is 0 Å². The van der Waals surface area contributed by atoms with E-state index < -0.39 is 10.0 Å². The average molecular weight is 375 g/mol. The van der Waals surface area contributed by atoms with Gasteiger partial charge in [0.1, 0.15) is 0 Å². The quantitative estimate of drug-likeness (QED) is 0.644. The molecule has 8 heteroatoms. The Balaban J connectivity index is 1.60. The predicted octanol–water partition coefficient (Wildman–Crippen LogP) is 2.79. The van der Waals surface area contributed by atoms with Crippen LogP contribution in [0.1, 0.15) is 17.3 Å². The summed E-state index contributed by atoms with van der Waals surface area (Å²) >= 11 is 1.60. The molecule has 0 atom stereocenters. The van der Waals surface area contributed by atoms with Crippen molar-refractivity contribution >= 4 is 27.1 Å². The maximum atomic E-state index is 12.3. The maximum Gasteiger partial charge on any atom is 0.240 e. The van der Waals surface area contributed by atoms with E-state index in [2.05, 4.69) is 9.82 Å². The monoisotopic (exact) mass is 375 g/mol. The lowest BCUT2D eigenvalue weighted by atomic mass is 10.2. The lowest BCUT2D eigenvalue weighted by molar-refractivity contribution is 0.101. The van der Waals surface area contributed by atoms with Crippen molar-refractivity contribution in [3.05, 3.63) is 58.9 Å². The number of thiophene rings is 1. The first-order valence-electron chi connectivity index (χ1n) is 7.62. The summed E-state index contributed by atoms with van der Waals surface area (Å²) < 4.78 is 28.8. The Hall–Kier alpha value is -2.29. The number of ketones is 1. The van der Waals surface area contributed by atoms with E-state index in [1.54, 1.807) is 16.0 Å². The lowest BCUT2D eigenvalue weighted by Crippen LogP contribution is -2.27. The molecule has 0 aliphatic heterocycles. The molecule has 1 N–H and O–H groups in total. The summed E-state index contributed by atoms with van der Waals surface area (Å²) in [4.78, 5) is 11.4. The summed E-state index contributed by atoms with van der Waals surface area (Å²) in [6.07, 6.45) is 1.82. The molecule has 0 saturated heterocycles. The molecule has 0 saturated carbocycles. The number of nitrogens with one attached hydrogen (secondary N) is 1. The van der Waals surface area contributed by atoms with Crippen molar-refractivity contribution in [1.82, 2.24) is 14.5 Å². The van der Waals surface area contributed by atoms with E-state index in [0.717, 1.165) is 11.3 Å². The van der Waals surface area contributed by atoms with E-state index in [0.29, 0.717) is 12.1 Å². The molecule has 0 aliphatic rings. The SMILES string of the molecule is CC(=O)c1ccc(S(=O)(=O)NCCn2ccc(-c3ccsc3)n2)cc1. The fourth-order valence-corrected chi connectivity index (χ4v) is 3.97. The van der Waals surface area contributed by atoms with Crippen LogP contribution in [0.5, 0.6) is 0 Å². The molecule has 3 aromatic rings. The van der Waals surface area contributed by atoms with Gasteiger partial charge in [-0.15, -0.1) is 0 Å². The molecular weight excluding hydrogens is 358 g/mol. The molecule has 3 rings (SSSR count). The molecule has 130 valence electrons. The van der Waals surface area contributed by atoms with Gasteiger partial charge < -0.3 is 0 Å². The zero-order chi connectivity index (χ0) is 17.9. The molecule has 0 fully saturated rings. The first-order chi connectivity index (χ1) is 12.0. The van der Waals surface area contributed by atoms with Crippen LogP contribution in [0.2, 0.25) is 0 Å². The summed E-state index contributed by atoms with van der Waals surface area (Å²) in [5.74, 6) is -0.1000. The van der Waals surface area contributed by atoms with Crippen molar-refractivity contribution in [3.8, 4) is 11.3 Å². The van der Waals surface area contributed by atoms with Gasteiger partial charge in [0.15, 0.2) is 5.78 Å². The Morgan fingerprint density at radius 3 is 2.60 bits per heavy atom. The summed E-state index contributed by atoms with van der Waals surface area (Å²) in [6.45, 7) is 2.09. The molecule has 0 radical (unpaired) electrons. The highest BCUT2D eigenvalue weighted by atomic mass is 32.2. The molecule has 6 nitrogen and oxygen atoms in total. The van der Waals surface area contributed by atoms with Crippen molar-refractivity contribution in [3.63, 3.8) is 0 Å². The molecule has 2 heterocycles. The van der Waals surface area contributed by atoms with E-state index in [-0.39, 0.29) is 17.2 Å². The van der Waals surface area contributed by atoms with E-state index in [4.69, 9.17) is 0 Å². The third-order valence-electron chi connectivity index (χ3n) is 3.66. The van der Waals surface area contributed by atoms with E-state index >= 15 is 0 Å². The smallest absolute Gasteiger partial charge is 0.240 e. The number of benzene rings is 1. The molecule has 0 aliphatic carbocycles. The molecule has 0 unspecified atom stereocenters. The van der Waals surface area contributed by atoms with Crippen LogP contribution in [-0.4, -0.2) is 30.5 Å². The molecule has 0 amide bonds. The minimum Gasteiger partial charge on any atom is -0.295 e. The molecule has 0 bridgehead atoms. The highest BCUT2D eigenvalue weighted by molar-refractivity contribution is 7.89. The fourth-order valence-electron chi connectivity index (χ4n) is 2.30. The number of nitrogens with zero attached hydrogens (tertiary/aromatic N) is 2. The standard InChI is InChI=1S/C17H17N3O3S2/c1-13(21)14-2-4-16(5-3-14)25(22,23)18-8-10-20-9-6-17(19-20)15-7-11-24-12-15/h2-7,9,11-12,18H,8,10H2,1H3.